The summed E-state index contributed by atoms with van der Waals surface area (Å²) in [6.07, 6.45) is 5.12. The number of nitrogens with zero attached hydrogens (tertiary/aromatic N) is 2. The fraction of sp³-hybridized carbons (Fsp3) is 0.800. The lowest BCUT2D eigenvalue weighted by atomic mass is 10.1. The van der Waals surface area contributed by atoms with Crippen LogP contribution in [0.5, 0.6) is 5.19 Å². The largest absolute Gasteiger partial charge is 0.464 e. The molecule has 1 unspecified atom stereocenters. The standard InChI is InChI=1S/C10H15N3OS/c1-2-8(6-11-5-1)14-10-12-9(13-15-10)7-3-4-7/h7-8,11H,1-6H2. The van der Waals surface area contributed by atoms with Gasteiger partial charge in [0.05, 0.1) is 0 Å². The van der Waals surface area contributed by atoms with Gasteiger partial charge in [0.1, 0.15) is 11.9 Å². The van der Waals surface area contributed by atoms with Crippen molar-refractivity contribution in [2.45, 2.75) is 37.7 Å². The maximum atomic E-state index is 5.80. The van der Waals surface area contributed by atoms with E-state index in [-0.39, 0.29) is 0 Å². The Hall–Kier alpha value is -0.680. The number of nitrogens with one attached hydrogen (secondary N) is 1. The lowest BCUT2D eigenvalue weighted by Crippen LogP contribution is -2.37. The van der Waals surface area contributed by atoms with E-state index >= 15 is 0 Å². The Bertz CT molecular complexity index is 331. The molecular formula is C10H15N3OS. The molecule has 0 bridgehead atoms. The summed E-state index contributed by atoms with van der Waals surface area (Å²) >= 11 is 1.40. The molecule has 0 amide bonds. The molecule has 2 fully saturated rings. The van der Waals surface area contributed by atoms with Crippen molar-refractivity contribution in [3.05, 3.63) is 5.82 Å². The second-order valence-electron chi connectivity index (χ2n) is 4.28. The molecular weight excluding hydrogens is 210 g/mol. The molecule has 1 aliphatic carbocycles. The Kier molecular flexibility index (Phi) is 2.58. The summed E-state index contributed by atoms with van der Waals surface area (Å²) < 4.78 is 10.1. The average Bonchev–Trinajstić information content (AvgIpc) is 3.02. The number of rotatable bonds is 3. The van der Waals surface area contributed by atoms with E-state index in [1.165, 1.54) is 30.8 Å². The minimum Gasteiger partial charge on any atom is -0.464 e. The van der Waals surface area contributed by atoms with Crippen LogP contribution in [0.2, 0.25) is 0 Å². The van der Waals surface area contributed by atoms with E-state index < -0.39 is 0 Å². The minimum atomic E-state index is 0.291. The van der Waals surface area contributed by atoms with Gasteiger partial charge in [0.15, 0.2) is 0 Å². The third-order valence-corrected chi connectivity index (χ3v) is 3.51. The molecule has 1 saturated carbocycles. The lowest BCUT2D eigenvalue weighted by Gasteiger charge is -2.22. The van der Waals surface area contributed by atoms with Gasteiger partial charge in [-0.05, 0) is 32.2 Å². The molecule has 0 radical (unpaired) electrons. The van der Waals surface area contributed by atoms with Gasteiger partial charge in [-0.2, -0.15) is 9.36 Å². The van der Waals surface area contributed by atoms with E-state index in [1.807, 2.05) is 0 Å². The third kappa shape index (κ3) is 2.29. The highest BCUT2D eigenvalue weighted by Gasteiger charge is 2.28. The van der Waals surface area contributed by atoms with Crippen LogP contribution in [0.4, 0.5) is 0 Å². The van der Waals surface area contributed by atoms with Crippen LogP contribution in [0.15, 0.2) is 0 Å². The molecule has 1 aromatic rings. The van der Waals surface area contributed by atoms with E-state index in [1.54, 1.807) is 0 Å². The number of piperidine rings is 1. The van der Waals surface area contributed by atoms with E-state index in [9.17, 15) is 0 Å². The minimum absolute atomic E-state index is 0.291. The van der Waals surface area contributed by atoms with Gasteiger partial charge < -0.3 is 10.1 Å². The second kappa shape index (κ2) is 4.06. The molecule has 0 aromatic carbocycles. The van der Waals surface area contributed by atoms with Crippen molar-refractivity contribution in [3.63, 3.8) is 0 Å². The average molecular weight is 225 g/mol. The fourth-order valence-corrected chi connectivity index (χ4v) is 2.51. The first-order chi connectivity index (χ1) is 7.42. The van der Waals surface area contributed by atoms with Crippen molar-refractivity contribution >= 4 is 11.5 Å². The van der Waals surface area contributed by atoms with Crippen LogP contribution in [-0.2, 0) is 0 Å². The SMILES string of the molecule is C1CNCC(Oc2nc(C3CC3)ns2)C1. The maximum Gasteiger partial charge on any atom is 0.293 e. The molecule has 1 aromatic heterocycles. The summed E-state index contributed by atoms with van der Waals surface area (Å²) in [5.74, 6) is 1.63. The highest BCUT2D eigenvalue weighted by molar-refractivity contribution is 7.07. The van der Waals surface area contributed by atoms with Gasteiger partial charge in [0.2, 0.25) is 0 Å². The quantitative estimate of drug-likeness (QED) is 0.847. The van der Waals surface area contributed by atoms with Crippen molar-refractivity contribution in [3.8, 4) is 5.19 Å². The Labute approximate surface area is 93.2 Å². The molecule has 1 atom stereocenters. The van der Waals surface area contributed by atoms with Gasteiger partial charge in [-0.3, -0.25) is 0 Å². The summed E-state index contributed by atoms with van der Waals surface area (Å²) in [7, 11) is 0. The zero-order valence-corrected chi connectivity index (χ0v) is 9.42. The zero-order valence-electron chi connectivity index (χ0n) is 8.61. The Morgan fingerprint density at radius 2 is 2.27 bits per heavy atom. The lowest BCUT2D eigenvalue weighted by molar-refractivity contribution is 0.166. The topological polar surface area (TPSA) is 47.0 Å². The third-order valence-electron chi connectivity index (χ3n) is 2.88. The summed E-state index contributed by atoms with van der Waals surface area (Å²) in [5, 5.41) is 4.08. The van der Waals surface area contributed by atoms with E-state index in [0.717, 1.165) is 30.5 Å². The molecule has 5 heteroatoms. The summed E-state index contributed by atoms with van der Waals surface area (Å²) in [4.78, 5) is 4.42. The highest BCUT2D eigenvalue weighted by Crippen LogP contribution is 2.39. The molecule has 2 aliphatic rings. The van der Waals surface area contributed by atoms with Gasteiger partial charge >= 0.3 is 0 Å². The zero-order chi connectivity index (χ0) is 10.1. The molecule has 15 heavy (non-hydrogen) atoms. The van der Waals surface area contributed by atoms with E-state index in [0.29, 0.717) is 12.0 Å². The Morgan fingerprint density at radius 3 is 3.00 bits per heavy atom. The van der Waals surface area contributed by atoms with Crippen LogP contribution < -0.4 is 10.1 Å². The van der Waals surface area contributed by atoms with Crippen LogP contribution in [0.3, 0.4) is 0 Å². The predicted molar refractivity (Wildman–Crippen MR) is 58.4 cm³/mol. The van der Waals surface area contributed by atoms with Gasteiger partial charge in [-0.15, -0.1) is 0 Å². The van der Waals surface area contributed by atoms with Crippen LogP contribution in [0.25, 0.3) is 0 Å². The molecule has 1 N–H and O–H groups in total. The van der Waals surface area contributed by atoms with Crippen molar-refractivity contribution in [2.75, 3.05) is 13.1 Å². The van der Waals surface area contributed by atoms with Crippen molar-refractivity contribution in [1.82, 2.24) is 14.7 Å². The monoisotopic (exact) mass is 225 g/mol. The van der Waals surface area contributed by atoms with Gasteiger partial charge in [0, 0.05) is 24.0 Å². The molecule has 3 rings (SSSR count). The fourth-order valence-electron chi connectivity index (χ4n) is 1.84. The molecule has 1 saturated heterocycles. The normalized spacial score (nSPS) is 26.5. The first kappa shape index (κ1) is 9.54. The van der Waals surface area contributed by atoms with Crippen molar-refractivity contribution < 1.29 is 4.74 Å². The predicted octanol–water partition coefficient (Wildman–Crippen LogP) is 1.55. The van der Waals surface area contributed by atoms with Gasteiger partial charge in [-0.1, -0.05) is 0 Å². The first-order valence-corrected chi connectivity index (χ1v) is 6.40. The van der Waals surface area contributed by atoms with Crippen molar-refractivity contribution in [2.24, 2.45) is 0 Å². The number of hydrogen-bond acceptors (Lipinski definition) is 5. The van der Waals surface area contributed by atoms with E-state index in [2.05, 4.69) is 14.7 Å². The van der Waals surface area contributed by atoms with Crippen LogP contribution in [0.1, 0.15) is 37.4 Å². The second-order valence-corrected chi connectivity index (χ2v) is 4.99. The molecule has 0 spiro atoms. The number of aromatic nitrogens is 2. The van der Waals surface area contributed by atoms with Gasteiger partial charge in [0.25, 0.3) is 5.19 Å². The first-order valence-electron chi connectivity index (χ1n) is 5.63. The summed E-state index contributed by atoms with van der Waals surface area (Å²) in [6.45, 7) is 2.06. The van der Waals surface area contributed by atoms with Gasteiger partial charge in [-0.25, -0.2) is 0 Å². The molecule has 4 nitrogen and oxygen atoms in total. The summed E-state index contributed by atoms with van der Waals surface area (Å²) in [6, 6.07) is 0. The van der Waals surface area contributed by atoms with Crippen LogP contribution in [0, 0.1) is 0 Å². The Balaban J connectivity index is 1.60. The smallest absolute Gasteiger partial charge is 0.293 e. The van der Waals surface area contributed by atoms with Crippen LogP contribution in [-0.4, -0.2) is 28.6 Å². The number of hydrogen-bond donors (Lipinski definition) is 1. The number of ether oxygens (including phenoxy) is 1. The van der Waals surface area contributed by atoms with Crippen molar-refractivity contribution in [1.29, 1.82) is 0 Å². The van der Waals surface area contributed by atoms with Crippen LogP contribution >= 0.6 is 11.5 Å². The maximum absolute atomic E-state index is 5.80. The highest BCUT2D eigenvalue weighted by atomic mass is 32.1. The molecule has 1 aliphatic heterocycles. The Morgan fingerprint density at radius 1 is 1.33 bits per heavy atom. The molecule has 2 heterocycles. The molecule has 82 valence electrons. The summed E-state index contributed by atoms with van der Waals surface area (Å²) in [5.41, 5.74) is 0. The van der Waals surface area contributed by atoms with E-state index in [4.69, 9.17) is 4.74 Å².